The number of aromatic nitrogens is 1. The van der Waals surface area contributed by atoms with E-state index in [0.717, 1.165) is 5.56 Å². The molecule has 6 nitrogen and oxygen atoms in total. The Balaban J connectivity index is 2.17. The number of rotatable bonds is 1. The van der Waals surface area contributed by atoms with E-state index < -0.39 is 20.7 Å². The Bertz CT molecular complexity index is 667. The third kappa shape index (κ3) is 4.07. The van der Waals surface area contributed by atoms with Crippen molar-refractivity contribution in [2.45, 2.75) is 44.2 Å². The highest BCUT2D eigenvalue weighted by Crippen LogP contribution is 2.23. The van der Waals surface area contributed by atoms with Crippen molar-refractivity contribution < 1.29 is 17.9 Å². The molecule has 0 aromatic carbocycles. The second-order valence-corrected chi connectivity index (χ2v) is 8.43. The molecule has 1 aromatic rings. The van der Waals surface area contributed by atoms with Crippen LogP contribution in [0.4, 0.5) is 4.79 Å². The van der Waals surface area contributed by atoms with E-state index in [1.165, 1.54) is 12.3 Å². The molecule has 0 aliphatic carbocycles. The van der Waals surface area contributed by atoms with Gasteiger partial charge in [-0.15, -0.1) is 0 Å². The fourth-order valence-electron chi connectivity index (χ4n) is 2.01. The summed E-state index contributed by atoms with van der Waals surface area (Å²) >= 11 is 0. The highest BCUT2D eigenvalue weighted by Gasteiger charge is 2.27. The van der Waals surface area contributed by atoms with Crippen LogP contribution in [0.15, 0.2) is 17.2 Å². The Morgan fingerprint density at radius 1 is 1.43 bits per heavy atom. The average Bonchev–Trinajstić information content (AvgIpc) is 2.34. The smallest absolute Gasteiger partial charge is 0.410 e. The number of ether oxygens (including phenoxy) is 1. The minimum Gasteiger partial charge on any atom is -0.444 e. The van der Waals surface area contributed by atoms with Crippen molar-refractivity contribution >= 4 is 25.8 Å². The molecule has 1 aliphatic rings. The van der Waals surface area contributed by atoms with Gasteiger partial charge in [-0.25, -0.2) is 13.2 Å². The van der Waals surface area contributed by atoms with Gasteiger partial charge in [0.25, 0.3) is 9.05 Å². The molecular formula is C13H17ClN2O4S. The van der Waals surface area contributed by atoms with E-state index in [0.29, 0.717) is 25.2 Å². The molecule has 0 saturated heterocycles. The number of pyridine rings is 1. The molecule has 1 aliphatic heterocycles. The van der Waals surface area contributed by atoms with Gasteiger partial charge >= 0.3 is 6.09 Å². The Morgan fingerprint density at radius 2 is 2.10 bits per heavy atom. The van der Waals surface area contributed by atoms with Gasteiger partial charge in [0.05, 0.1) is 12.2 Å². The lowest BCUT2D eigenvalue weighted by atomic mass is 10.1. The summed E-state index contributed by atoms with van der Waals surface area (Å²) in [7, 11) is 1.51. The van der Waals surface area contributed by atoms with Crippen molar-refractivity contribution in [1.82, 2.24) is 9.88 Å². The first-order chi connectivity index (χ1) is 9.56. The molecule has 1 amide bonds. The van der Waals surface area contributed by atoms with Gasteiger partial charge < -0.3 is 9.64 Å². The molecule has 0 bridgehead atoms. The van der Waals surface area contributed by atoms with Gasteiger partial charge in [-0.1, -0.05) is 0 Å². The van der Waals surface area contributed by atoms with Crippen molar-refractivity contribution in [3.63, 3.8) is 0 Å². The van der Waals surface area contributed by atoms with Crippen LogP contribution >= 0.6 is 10.7 Å². The van der Waals surface area contributed by atoms with Crippen LogP contribution in [-0.4, -0.2) is 36.5 Å². The normalized spacial score (nSPS) is 15.5. The van der Waals surface area contributed by atoms with Crippen LogP contribution < -0.4 is 0 Å². The summed E-state index contributed by atoms with van der Waals surface area (Å²) in [5.41, 5.74) is 0.897. The lowest BCUT2D eigenvalue weighted by molar-refractivity contribution is 0.0220. The number of amides is 1. The van der Waals surface area contributed by atoms with Crippen molar-refractivity contribution in [2.75, 3.05) is 6.54 Å². The second-order valence-electron chi connectivity index (χ2n) is 5.87. The number of hydrogen-bond acceptors (Lipinski definition) is 5. The first kappa shape index (κ1) is 16.0. The number of nitrogens with zero attached hydrogens (tertiary/aromatic N) is 2. The van der Waals surface area contributed by atoms with E-state index in [4.69, 9.17) is 15.4 Å². The van der Waals surface area contributed by atoms with Crippen LogP contribution in [0.3, 0.4) is 0 Å². The fourth-order valence-corrected chi connectivity index (χ4v) is 2.72. The Hall–Kier alpha value is -1.34. The van der Waals surface area contributed by atoms with Gasteiger partial charge in [-0.05, 0) is 38.8 Å². The lowest BCUT2D eigenvalue weighted by Crippen LogP contribution is -2.40. The molecule has 0 atom stereocenters. The molecule has 2 heterocycles. The summed E-state index contributed by atoms with van der Waals surface area (Å²) in [6, 6.07) is 1.51. The van der Waals surface area contributed by atoms with E-state index >= 15 is 0 Å². The second kappa shape index (κ2) is 5.46. The van der Waals surface area contributed by atoms with E-state index in [9.17, 15) is 13.2 Å². The standard InChI is InChI=1S/C13H17ClN2O4S/c1-13(2,3)20-12(17)16-5-4-9-6-10(21(14,18)19)7-15-11(9)8-16/h6-7H,4-5,8H2,1-3H3. The third-order valence-electron chi connectivity index (χ3n) is 2.96. The number of fused-ring (bicyclic) bond motifs is 1. The Morgan fingerprint density at radius 3 is 2.67 bits per heavy atom. The first-order valence-corrected chi connectivity index (χ1v) is 8.77. The van der Waals surface area contributed by atoms with E-state index in [1.54, 1.807) is 25.7 Å². The molecule has 21 heavy (non-hydrogen) atoms. The van der Waals surface area contributed by atoms with Crippen LogP contribution in [0.5, 0.6) is 0 Å². The highest BCUT2D eigenvalue weighted by molar-refractivity contribution is 8.13. The number of halogens is 1. The van der Waals surface area contributed by atoms with Crippen LogP contribution in [0.2, 0.25) is 0 Å². The van der Waals surface area contributed by atoms with Crippen molar-refractivity contribution in [1.29, 1.82) is 0 Å². The van der Waals surface area contributed by atoms with E-state index in [2.05, 4.69) is 4.98 Å². The van der Waals surface area contributed by atoms with Crippen molar-refractivity contribution in [3.8, 4) is 0 Å². The molecule has 0 radical (unpaired) electrons. The van der Waals surface area contributed by atoms with Gasteiger partial charge in [0, 0.05) is 23.4 Å². The fraction of sp³-hybridized carbons (Fsp3) is 0.538. The van der Waals surface area contributed by atoms with Crippen LogP contribution in [0, 0.1) is 0 Å². The molecule has 0 spiro atoms. The van der Waals surface area contributed by atoms with Gasteiger partial charge in [0.1, 0.15) is 10.5 Å². The maximum absolute atomic E-state index is 12.0. The number of hydrogen-bond donors (Lipinski definition) is 0. The van der Waals surface area contributed by atoms with Crippen molar-refractivity contribution in [2.24, 2.45) is 0 Å². The SMILES string of the molecule is CC(C)(C)OC(=O)N1CCc2cc(S(=O)(=O)Cl)cnc2C1. The summed E-state index contributed by atoms with van der Waals surface area (Å²) in [6.45, 7) is 6.16. The molecule has 0 N–H and O–H groups in total. The summed E-state index contributed by atoms with van der Waals surface area (Å²) in [4.78, 5) is 17.6. The van der Waals surface area contributed by atoms with Gasteiger partial charge in [0.2, 0.25) is 0 Å². The largest absolute Gasteiger partial charge is 0.444 e. The average molecular weight is 333 g/mol. The van der Waals surface area contributed by atoms with Crippen molar-refractivity contribution in [3.05, 3.63) is 23.5 Å². The summed E-state index contributed by atoms with van der Waals surface area (Å²) in [6.07, 6.45) is 1.32. The molecule has 116 valence electrons. The summed E-state index contributed by atoms with van der Waals surface area (Å²) in [5, 5.41) is 0. The highest BCUT2D eigenvalue weighted by atomic mass is 35.7. The molecule has 0 saturated carbocycles. The van der Waals surface area contributed by atoms with E-state index in [1.807, 2.05) is 0 Å². The molecule has 2 rings (SSSR count). The van der Waals surface area contributed by atoms with Gasteiger partial charge in [-0.2, -0.15) is 0 Å². The van der Waals surface area contributed by atoms with Gasteiger partial charge in [0.15, 0.2) is 0 Å². The summed E-state index contributed by atoms with van der Waals surface area (Å²) < 4.78 is 27.9. The third-order valence-corrected chi connectivity index (χ3v) is 4.28. The predicted octanol–water partition coefficient (Wildman–Crippen LogP) is 2.30. The quantitative estimate of drug-likeness (QED) is 0.737. The predicted molar refractivity (Wildman–Crippen MR) is 77.6 cm³/mol. The zero-order valence-electron chi connectivity index (χ0n) is 12.1. The number of carbonyl (C=O) groups excluding carboxylic acids is 1. The molecule has 8 heteroatoms. The van der Waals surface area contributed by atoms with Crippen LogP contribution in [-0.2, 0) is 26.8 Å². The zero-order chi connectivity index (χ0) is 15.8. The maximum atomic E-state index is 12.0. The first-order valence-electron chi connectivity index (χ1n) is 6.47. The molecular weight excluding hydrogens is 316 g/mol. The van der Waals surface area contributed by atoms with E-state index in [-0.39, 0.29) is 4.90 Å². The molecule has 1 aromatic heterocycles. The Kier molecular flexibility index (Phi) is 4.17. The topological polar surface area (TPSA) is 76.6 Å². The zero-order valence-corrected chi connectivity index (χ0v) is 13.7. The molecule has 0 unspecified atom stereocenters. The minimum atomic E-state index is -3.79. The minimum absolute atomic E-state index is 0.0198. The summed E-state index contributed by atoms with van der Waals surface area (Å²) in [5.74, 6) is 0. The van der Waals surface area contributed by atoms with Gasteiger partial charge in [-0.3, -0.25) is 4.98 Å². The lowest BCUT2D eigenvalue weighted by Gasteiger charge is -2.30. The number of carbonyl (C=O) groups is 1. The maximum Gasteiger partial charge on any atom is 0.410 e. The van der Waals surface area contributed by atoms with Crippen LogP contribution in [0.1, 0.15) is 32.0 Å². The molecule has 0 fully saturated rings. The van der Waals surface area contributed by atoms with Crippen LogP contribution in [0.25, 0.3) is 0 Å². The monoisotopic (exact) mass is 332 g/mol. The Labute approximate surface area is 128 Å².